The molecule has 3 aromatic rings. The second-order valence-corrected chi connectivity index (χ2v) is 6.68. The zero-order chi connectivity index (χ0) is 16.2. The third kappa shape index (κ3) is 4.23. The van der Waals surface area contributed by atoms with Crippen LogP contribution in [0.3, 0.4) is 0 Å². The molecule has 0 spiro atoms. The molecule has 122 valence electrons. The van der Waals surface area contributed by atoms with Crippen LogP contribution in [-0.2, 0) is 6.54 Å². The summed E-state index contributed by atoms with van der Waals surface area (Å²) in [4.78, 5) is 0. The van der Waals surface area contributed by atoms with Crippen molar-refractivity contribution in [3.8, 4) is 12.3 Å². The number of benzene rings is 2. The third-order valence-corrected chi connectivity index (χ3v) is 4.69. The number of terminal acetylenes is 1. The monoisotopic (exact) mass is 465 g/mol. The van der Waals surface area contributed by atoms with Gasteiger partial charge in [-0.25, -0.2) is 4.57 Å². The number of anilines is 2. The van der Waals surface area contributed by atoms with Crippen LogP contribution in [0.25, 0.3) is 10.2 Å². The van der Waals surface area contributed by atoms with Crippen LogP contribution in [0.15, 0.2) is 48.5 Å². The minimum atomic E-state index is 0. The van der Waals surface area contributed by atoms with Gasteiger partial charge in [-0.2, -0.15) is 0 Å². The first-order valence-electron chi connectivity index (χ1n) is 7.17. The van der Waals surface area contributed by atoms with Crippen LogP contribution in [0.5, 0.6) is 0 Å². The van der Waals surface area contributed by atoms with E-state index in [4.69, 9.17) is 18.6 Å². The number of thiocarbonyl (C=S) groups is 1. The number of fused-ring (bicyclic) bond motifs is 1. The standard InChI is InChI=1S/C18H15N3S2.HI/c1-3-11-21-13(2)23-17-12-15(9-10-16(17)21)20-18(22)19-14-7-5-4-6-8-14;/h1,4-10,12H,11H2,2H3,(H-,19,20,22);1H. The van der Waals surface area contributed by atoms with Crippen molar-refractivity contribution in [3.05, 3.63) is 53.5 Å². The number of aromatic nitrogens is 1. The Hall–Kier alpha value is -1.69. The average Bonchev–Trinajstić information content (AvgIpc) is 2.84. The highest BCUT2D eigenvalue weighted by molar-refractivity contribution is 7.80. The molecule has 3 nitrogen and oxygen atoms in total. The largest absolute Gasteiger partial charge is 1.00 e. The lowest BCUT2D eigenvalue weighted by Crippen LogP contribution is -3.00. The van der Waals surface area contributed by atoms with Crippen LogP contribution in [0.1, 0.15) is 5.01 Å². The number of hydrogen-bond acceptors (Lipinski definition) is 2. The van der Waals surface area contributed by atoms with E-state index in [-0.39, 0.29) is 24.0 Å². The topological polar surface area (TPSA) is 29.0 Å². The van der Waals surface area contributed by atoms with Gasteiger partial charge in [0.1, 0.15) is 6.54 Å². The number of nitrogens with zero attached hydrogens (tertiary/aromatic N) is 1. The summed E-state index contributed by atoms with van der Waals surface area (Å²) in [5.74, 6) is 2.70. The molecule has 6 heteroatoms. The van der Waals surface area contributed by atoms with E-state index in [1.807, 2.05) is 36.4 Å². The number of para-hydroxylation sites is 1. The molecule has 0 amide bonds. The summed E-state index contributed by atoms with van der Waals surface area (Å²) in [6.45, 7) is 2.67. The normalized spacial score (nSPS) is 9.83. The molecule has 24 heavy (non-hydrogen) atoms. The molecule has 0 fully saturated rings. The summed E-state index contributed by atoms with van der Waals surface area (Å²) in [7, 11) is 0. The fraction of sp³-hybridized carbons (Fsp3) is 0.111. The van der Waals surface area contributed by atoms with E-state index >= 15 is 0 Å². The SMILES string of the molecule is C#CCn1c2ccc(NC(=S)Nc3ccccc3)cc2s[c+]1C.[I-]. The highest BCUT2D eigenvalue weighted by atomic mass is 127. The Bertz CT molecular complexity index is 898. The third-order valence-electron chi connectivity index (χ3n) is 3.43. The summed E-state index contributed by atoms with van der Waals surface area (Å²) in [5, 5.41) is 8.15. The van der Waals surface area contributed by atoms with Gasteiger partial charge in [0.25, 0.3) is 0 Å². The Labute approximate surface area is 168 Å². The zero-order valence-electron chi connectivity index (χ0n) is 13.0. The fourth-order valence-corrected chi connectivity index (χ4v) is 3.68. The quantitative estimate of drug-likeness (QED) is 0.267. The maximum atomic E-state index is 5.44. The molecule has 0 aliphatic rings. The van der Waals surface area contributed by atoms with E-state index in [2.05, 4.69) is 40.2 Å². The van der Waals surface area contributed by atoms with Crippen molar-refractivity contribution >= 4 is 50.3 Å². The van der Waals surface area contributed by atoms with Crippen molar-refractivity contribution in [2.45, 2.75) is 13.5 Å². The first-order chi connectivity index (χ1) is 11.2. The van der Waals surface area contributed by atoms with E-state index in [1.54, 1.807) is 11.3 Å². The lowest BCUT2D eigenvalue weighted by atomic mass is 10.3. The molecular weight excluding hydrogens is 449 g/mol. The Kier molecular flexibility index (Phi) is 6.54. The van der Waals surface area contributed by atoms with Gasteiger partial charge in [0.2, 0.25) is 10.2 Å². The smallest absolute Gasteiger partial charge is 0.205 e. The summed E-state index contributed by atoms with van der Waals surface area (Å²) in [5.41, 5.74) is 3.07. The van der Waals surface area contributed by atoms with Gasteiger partial charge in [-0.15, -0.1) is 6.42 Å². The van der Waals surface area contributed by atoms with Gasteiger partial charge in [-0.1, -0.05) is 24.1 Å². The van der Waals surface area contributed by atoms with Gasteiger partial charge < -0.3 is 34.6 Å². The molecule has 1 heterocycles. The van der Waals surface area contributed by atoms with Crippen molar-refractivity contribution in [2.75, 3.05) is 10.6 Å². The molecule has 0 aliphatic carbocycles. The van der Waals surface area contributed by atoms with Crippen LogP contribution in [0.2, 0.25) is 0 Å². The van der Waals surface area contributed by atoms with Gasteiger partial charge in [-0.05, 0) is 30.4 Å². The second-order valence-electron chi connectivity index (χ2n) is 5.04. The van der Waals surface area contributed by atoms with E-state index in [0.29, 0.717) is 11.7 Å². The summed E-state index contributed by atoms with van der Waals surface area (Å²) in [6, 6.07) is 16.0. The average molecular weight is 465 g/mol. The number of thiazole rings is 1. The van der Waals surface area contributed by atoms with E-state index < -0.39 is 0 Å². The van der Waals surface area contributed by atoms with Crippen LogP contribution in [-0.4, -0.2) is 9.68 Å². The number of aryl methyl sites for hydroxylation is 1. The lowest BCUT2D eigenvalue weighted by molar-refractivity contribution is -0.00000438. The molecule has 0 saturated heterocycles. The highest BCUT2D eigenvalue weighted by Gasteiger charge is 2.16. The summed E-state index contributed by atoms with van der Waals surface area (Å²) < 4.78 is 3.33. The Morgan fingerprint density at radius 3 is 2.62 bits per heavy atom. The predicted octanol–water partition coefficient (Wildman–Crippen LogP) is 1.74. The van der Waals surface area contributed by atoms with Gasteiger partial charge in [-0.3, -0.25) is 0 Å². The number of hydrogen-bond donors (Lipinski definition) is 2. The van der Waals surface area contributed by atoms with E-state index in [0.717, 1.165) is 16.9 Å². The van der Waals surface area contributed by atoms with Crippen molar-refractivity contribution < 1.29 is 24.0 Å². The maximum absolute atomic E-state index is 5.44. The Morgan fingerprint density at radius 2 is 1.92 bits per heavy atom. The molecule has 1 aromatic heterocycles. The molecule has 0 radical (unpaired) electrons. The molecule has 0 aliphatic heterocycles. The van der Waals surface area contributed by atoms with E-state index in [1.165, 1.54) is 9.71 Å². The molecule has 0 unspecified atom stereocenters. The van der Waals surface area contributed by atoms with Gasteiger partial charge >= 0.3 is 0 Å². The van der Waals surface area contributed by atoms with E-state index in [9.17, 15) is 0 Å². The molecule has 0 saturated carbocycles. The molecule has 0 atom stereocenters. The summed E-state index contributed by atoms with van der Waals surface area (Å²) >= 11 is 7.09. The van der Waals surface area contributed by atoms with Gasteiger partial charge in [0.05, 0.1) is 11.8 Å². The zero-order valence-corrected chi connectivity index (χ0v) is 16.8. The van der Waals surface area contributed by atoms with Crippen LogP contribution < -0.4 is 34.6 Å². The minimum absolute atomic E-state index is 0. The van der Waals surface area contributed by atoms with Crippen molar-refractivity contribution in [2.24, 2.45) is 0 Å². The highest BCUT2D eigenvalue weighted by Crippen LogP contribution is 2.28. The number of rotatable bonds is 3. The van der Waals surface area contributed by atoms with Crippen LogP contribution in [0.4, 0.5) is 11.4 Å². The first-order valence-corrected chi connectivity index (χ1v) is 8.39. The van der Waals surface area contributed by atoms with Crippen LogP contribution in [0, 0.1) is 19.3 Å². The van der Waals surface area contributed by atoms with Gasteiger partial charge in [0.15, 0.2) is 10.1 Å². The van der Waals surface area contributed by atoms with Crippen LogP contribution >= 0.6 is 23.6 Å². The van der Waals surface area contributed by atoms with Crippen molar-refractivity contribution in [1.29, 1.82) is 0 Å². The van der Waals surface area contributed by atoms with Crippen molar-refractivity contribution in [1.82, 2.24) is 4.57 Å². The van der Waals surface area contributed by atoms with Gasteiger partial charge in [0, 0.05) is 30.0 Å². The maximum Gasteiger partial charge on any atom is 0.205 e. The second kappa shape index (κ2) is 8.42. The Balaban J connectivity index is 0.00000208. The summed E-state index contributed by atoms with van der Waals surface area (Å²) in [6.07, 6.45) is 5.44. The molecule has 2 N–H and O–H groups in total. The Morgan fingerprint density at radius 1 is 1.21 bits per heavy atom. The molecule has 2 aromatic carbocycles. The minimum Gasteiger partial charge on any atom is -1.00 e. The van der Waals surface area contributed by atoms with Crippen molar-refractivity contribution in [3.63, 3.8) is 0 Å². The fourth-order valence-electron chi connectivity index (χ4n) is 2.38. The first kappa shape index (κ1) is 18.6. The lowest BCUT2D eigenvalue weighted by Gasteiger charge is -2.09. The molecular formula is C18H16IN3S2. The molecule has 3 rings (SSSR count). The predicted molar refractivity (Wildman–Crippen MR) is 104 cm³/mol. The molecule has 0 bridgehead atoms. The number of halogens is 1. The number of nitrogens with one attached hydrogen (secondary N) is 2.